The van der Waals surface area contributed by atoms with E-state index in [1.807, 2.05) is 13.0 Å². The number of carbonyl (C=O) groups excluding carboxylic acids is 1. The molecule has 0 spiro atoms. The maximum atomic E-state index is 12.0. The van der Waals surface area contributed by atoms with E-state index in [-0.39, 0.29) is 18.2 Å². The molecule has 1 aromatic heterocycles. The molecule has 0 bridgehead atoms. The zero-order valence-electron chi connectivity index (χ0n) is 10.3. The standard InChI is InChI=1S/C12H17N3O3/c1-8-6-10(14-13-8)7-11(16)15-4-2-9(3-5-15)12(17)18/h6,9H,2-5,7H2,1H3,(H,13,14)(H,17,18). The highest BCUT2D eigenvalue weighted by Gasteiger charge is 2.27. The Morgan fingerprint density at radius 3 is 2.67 bits per heavy atom. The van der Waals surface area contributed by atoms with E-state index in [1.165, 1.54) is 0 Å². The van der Waals surface area contributed by atoms with E-state index in [4.69, 9.17) is 5.11 Å². The number of hydrogen-bond donors (Lipinski definition) is 2. The van der Waals surface area contributed by atoms with Gasteiger partial charge in [0.2, 0.25) is 5.91 Å². The maximum Gasteiger partial charge on any atom is 0.306 e. The van der Waals surface area contributed by atoms with Crippen LogP contribution in [0.3, 0.4) is 0 Å². The number of piperidine rings is 1. The summed E-state index contributed by atoms with van der Waals surface area (Å²) in [4.78, 5) is 24.5. The second kappa shape index (κ2) is 5.20. The average Bonchev–Trinajstić information content (AvgIpc) is 2.75. The summed E-state index contributed by atoms with van der Waals surface area (Å²) in [6.07, 6.45) is 1.36. The third-order valence-electron chi connectivity index (χ3n) is 3.29. The number of amides is 1. The number of H-pyrrole nitrogens is 1. The van der Waals surface area contributed by atoms with E-state index in [2.05, 4.69) is 10.2 Å². The van der Waals surface area contributed by atoms with Gasteiger partial charge in [-0.3, -0.25) is 14.7 Å². The number of aliphatic carboxylic acids is 1. The first-order valence-electron chi connectivity index (χ1n) is 6.07. The largest absolute Gasteiger partial charge is 0.481 e. The summed E-state index contributed by atoms with van der Waals surface area (Å²) in [7, 11) is 0. The molecule has 1 fully saturated rings. The molecule has 6 heteroatoms. The number of carboxylic acids is 1. The maximum absolute atomic E-state index is 12.0. The minimum Gasteiger partial charge on any atom is -0.481 e. The van der Waals surface area contributed by atoms with Gasteiger partial charge in [0.05, 0.1) is 18.0 Å². The highest BCUT2D eigenvalue weighted by molar-refractivity contribution is 5.79. The molecule has 0 atom stereocenters. The Morgan fingerprint density at radius 1 is 1.50 bits per heavy atom. The topological polar surface area (TPSA) is 86.3 Å². The van der Waals surface area contributed by atoms with E-state index >= 15 is 0 Å². The number of hydrogen-bond acceptors (Lipinski definition) is 3. The van der Waals surface area contributed by atoms with Crippen molar-refractivity contribution < 1.29 is 14.7 Å². The molecule has 0 aromatic carbocycles. The lowest BCUT2D eigenvalue weighted by molar-refractivity contribution is -0.145. The highest BCUT2D eigenvalue weighted by Crippen LogP contribution is 2.18. The number of nitrogens with one attached hydrogen (secondary N) is 1. The number of rotatable bonds is 3. The quantitative estimate of drug-likeness (QED) is 0.823. The third-order valence-corrected chi connectivity index (χ3v) is 3.29. The predicted molar refractivity (Wildman–Crippen MR) is 64.0 cm³/mol. The summed E-state index contributed by atoms with van der Waals surface area (Å²) in [5, 5.41) is 15.7. The van der Waals surface area contributed by atoms with Crippen molar-refractivity contribution in [1.82, 2.24) is 15.1 Å². The molecule has 18 heavy (non-hydrogen) atoms. The molecule has 1 amide bonds. The molecule has 0 radical (unpaired) electrons. The Labute approximate surface area is 105 Å². The fourth-order valence-electron chi connectivity index (χ4n) is 2.21. The Balaban J connectivity index is 1.86. The summed E-state index contributed by atoms with van der Waals surface area (Å²) in [6, 6.07) is 1.85. The molecule has 1 aliphatic heterocycles. The van der Waals surface area contributed by atoms with Crippen LogP contribution < -0.4 is 0 Å². The Kier molecular flexibility index (Phi) is 3.64. The van der Waals surface area contributed by atoms with Crippen LogP contribution in [0.4, 0.5) is 0 Å². The Hall–Kier alpha value is -1.85. The van der Waals surface area contributed by atoms with E-state index in [0.717, 1.165) is 11.4 Å². The van der Waals surface area contributed by atoms with Crippen LogP contribution in [0.5, 0.6) is 0 Å². The predicted octanol–water partition coefficient (Wildman–Crippen LogP) is 0.584. The van der Waals surface area contributed by atoms with Crippen molar-refractivity contribution in [2.75, 3.05) is 13.1 Å². The van der Waals surface area contributed by atoms with Crippen LogP contribution in [0.1, 0.15) is 24.2 Å². The van der Waals surface area contributed by atoms with Crippen LogP contribution in [0.2, 0.25) is 0 Å². The van der Waals surface area contributed by atoms with Gasteiger partial charge in [-0.15, -0.1) is 0 Å². The third kappa shape index (κ3) is 2.88. The first kappa shape index (κ1) is 12.6. The number of aryl methyl sites for hydroxylation is 1. The summed E-state index contributed by atoms with van der Waals surface area (Å²) in [5.41, 5.74) is 1.67. The number of nitrogens with zero attached hydrogens (tertiary/aromatic N) is 2. The van der Waals surface area contributed by atoms with Crippen LogP contribution in [0.25, 0.3) is 0 Å². The number of aromatic nitrogens is 2. The molecule has 98 valence electrons. The van der Waals surface area contributed by atoms with E-state index < -0.39 is 5.97 Å². The Bertz CT molecular complexity index is 447. The SMILES string of the molecule is Cc1cc(CC(=O)N2CCC(C(=O)O)CC2)n[nH]1. The van der Waals surface area contributed by atoms with Gasteiger partial charge in [-0.05, 0) is 25.8 Å². The minimum absolute atomic E-state index is 0.0188. The lowest BCUT2D eigenvalue weighted by Gasteiger charge is -2.30. The average molecular weight is 251 g/mol. The van der Waals surface area contributed by atoms with Crippen molar-refractivity contribution in [3.8, 4) is 0 Å². The fourth-order valence-corrected chi connectivity index (χ4v) is 2.21. The second-order valence-corrected chi connectivity index (χ2v) is 4.71. The monoisotopic (exact) mass is 251 g/mol. The first-order valence-corrected chi connectivity index (χ1v) is 6.07. The van der Waals surface area contributed by atoms with Crippen LogP contribution in [0.15, 0.2) is 6.07 Å². The number of aromatic amines is 1. The number of carbonyl (C=O) groups is 2. The highest BCUT2D eigenvalue weighted by atomic mass is 16.4. The van der Waals surface area contributed by atoms with Gasteiger partial charge in [0.15, 0.2) is 0 Å². The van der Waals surface area contributed by atoms with Crippen LogP contribution in [-0.2, 0) is 16.0 Å². The molecule has 6 nitrogen and oxygen atoms in total. The molecule has 0 saturated carbocycles. The molecule has 2 heterocycles. The molecule has 2 N–H and O–H groups in total. The van der Waals surface area contributed by atoms with E-state index in [9.17, 15) is 9.59 Å². The molecule has 2 rings (SSSR count). The van der Waals surface area contributed by atoms with Crippen molar-refractivity contribution >= 4 is 11.9 Å². The van der Waals surface area contributed by atoms with Crippen LogP contribution in [-0.4, -0.2) is 45.2 Å². The zero-order valence-corrected chi connectivity index (χ0v) is 10.3. The van der Waals surface area contributed by atoms with Gasteiger partial charge < -0.3 is 10.0 Å². The summed E-state index contributed by atoms with van der Waals surface area (Å²) < 4.78 is 0. The van der Waals surface area contributed by atoms with Gasteiger partial charge in [-0.25, -0.2) is 0 Å². The summed E-state index contributed by atoms with van der Waals surface area (Å²) in [6.45, 7) is 2.94. The molecule has 1 saturated heterocycles. The zero-order chi connectivity index (χ0) is 13.1. The van der Waals surface area contributed by atoms with Gasteiger partial charge >= 0.3 is 5.97 Å². The van der Waals surface area contributed by atoms with Gasteiger partial charge in [0.25, 0.3) is 0 Å². The van der Waals surface area contributed by atoms with Crippen molar-refractivity contribution in [1.29, 1.82) is 0 Å². The number of carboxylic acid groups (broad SMARTS) is 1. The fraction of sp³-hybridized carbons (Fsp3) is 0.583. The first-order chi connectivity index (χ1) is 8.56. The van der Waals surface area contributed by atoms with Crippen molar-refractivity contribution in [3.63, 3.8) is 0 Å². The molecular weight excluding hydrogens is 234 g/mol. The second-order valence-electron chi connectivity index (χ2n) is 4.71. The lowest BCUT2D eigenvalue weighted by atomic mass is 9.97. The number of likely N-dealkylation sites (tertiary alicyclic amines) is 1. The van der Waals surface area contributed by atoms with Gasteiger partial charge in [-0.2, -0.15) is 5.10 Å². The van der Waals surface area contributed by atoms with Crippen molar-refractivity contribution in [2.45, 2.75) is 26.2 Å². The van der Waals surface area contributed by atoms with Gasteiger partial charge in [0, 0.05) is 18.8 Å². The lowest BCUT2D eigenvalue weighted by Crippen LogP contribution is -2.41. The summed E-state index contributed by atoms with van der Waals surface area (Å²) >= 11 is 0. The molecule has 1 aromatic rings. The summed E-state index contributed by atoms with van der Waals surface area (Å²) in [5.74, 6) is -1.04. The smallest absolute Gasteiger partial charge is 0.306 e. The Morgan fingerprint density at radius 2 is 2.17 bits per heavy atom. The minimum atomic E-state index is -0.759. The van der Waals surface area contributed by atoms with Gasteiger partial charge in [-0.1, -0.05) is 0 Å². The van der Waals surface area contributed by atoms with Crippen molar-refractivity contribution in [2.24, 2.45) is 5.92 Å². The molecular formula is C12H17N3O3. The van der Waals surface area contributed by atoms with Crippen LogP contribution >= 0.6 is 0 Å². The van der Waals surface area contributed by atoms with E-state index in [0.29, 0.717) is 25.9 Å². The van der Waals surface area contributed by atoms with E-state index in [1.54, 1.807) is 4.90 Å². The van der Waals surface area contributed by atoms with Crippen LogP contribution in [0, 0.1) is 12.8 Å². The molecule has 0 aliphatic carbocycles. The molecule has 1 aliphatic rings. The van der Waals surface area contributed by atoms with Crippen molar-refractivity contribution in [3.05, 3.63) is 17.5 Å². The van der Waals surface area contributed by atoms with Gasteiger partial charge in [0.1, 0.15) is 0 Å². The molecule has 0 unspecified atom stereocenters. The normalized spacial score (nSPS) is 16.8.